The fourth-order valence-corrected chi connectivity index (χ4v) is 2.05. The van der Waals surface area contributed by atoms with Crippen molar-refractivity contribution in [2.75, 3.05) is 6.54 Å². The lowest BCUT2D eigenvalue weighted by molar-refractivity contribution is 0.271. The van der Waals surface area contributed by atoms with Gasteiger partial charge in [-0.2, -0.15) is 4.98 Å². The van der Waals surface area contributed by atoms with Crippen molar-refractivity contribution in [2.24, 2.45) is 0 Å². The molecule has 5 nitrogen and oxygen atoms in total. The predicted octanol–water partition coefficient (Wildman–Crippen LogP) is 2.58. The topological polar surface area (TPSA) is 60.2 Å². The molecule has 0 aliphatic carbocycles. The van der Waals surface area contributed by atoms with E-state index >= 15 is 0 Å². The van der Waals surface area contributed by atoms with Gasteiger partial charge in [-0.25, -0.2) is 8.78 Å². The molecule has 1 aromatic heterocycles. The second-order valence-corrected chi connectivity index (χ2v) is 4.56. The maximum atomic E-state index is 13.3. The Balaban J connectivity index is 0.00000161. The molecule has 0 unspecified atom stereocenters. The van der Waals surface area contributed by atoms with E-state index in [9.17, 15) is 8.78 Å². The lowest BCUT2D eigenvalue weighted by Gasteiger charge is -2.03. The number of benzene rings is 1. The number of nitrogens with one attached hydrogen (secondary N) is 1. The second kappa shape index (κ2) is 6.82. The zero-order valence-corrected chi connectivity index (χ0v) is 11.8. The van der Waals surface area contributed by atoms with Crippen LogP contribution in [0.25, 0.3) is 0 Å². The maximum Gasteiger partial charge on any atom is 0.244 e. The first kappa shape index (κ1) is 15.7. The summed E-state index contributed by atoms with van der Waals surface area (Å²) in [7, 11) is 0. The van der Waals surface area contributed by atoms with Crippen LogP contribution in [0.5, 0.6) is 5.75 Å². The van der Waals surface area contributed by atoms with Crippen LogP contribution in [0.1, 0.15) is 24.2 Å². The molecule has 114 valence electrons. The molecule has 1 fully saturated rings. The van der Waals surface area contributed by atoms with Gasteiger partial charge in [0.15, 0.2) is 18.2 Å². The van der Waals surface area contributed by atoms with E-state index in [0.717, 1.165) is 0 Å². The Hall–Kier alpha value is -1.73. The van der Waals surface area contributed by atoms with Gasteiger partial charge in [0.25, 0.3) is 0 Å². The summed E-state index contributed by atoms with van der Waals surface area (Å²) >= 11 is 0. The van der Waals surface area contributed by atoms with Crippen molar-refractivity contribution in [1.29, 1.82) is 0 Å². The summed E-state index contributed by atoms with van der Waals surface area (Å²) in [5, 5.41) is 6.68. The van der Waals surface area contributed by atoms with Gasteiger partial charge in [-0.05, 0) is 12.1 Å². The molecule has 1 saturated heterocycles. The first-order valence-electron chi connectivity index (χ1n) is 6.29. The van der Waals surface area contributed by atoms with Gasteiger partial charge in [-0.3, -0.25) is 0 Å². The fourth-order valence-electron chi connectivity index (χ4n) is 2.05. The van der Waals surface area contributed by atoms with Crippen LogP contribution in [-0.4, -0.2) is 22.9 Å². The van der Waals surface area contributed by atoms with E-state index in [1.54, 1.807) is 12.1 Å². The highest BCUT2D eigenvalue weighted by molar-refractivity contribution is 5.85. The van der Waals surface area contributed by atoms with Crippen molar-refractivity contribution in [1.82, 2.24) is 15.5 Å². The number of hydrogen-bond donors (Lipinski definition) is 1. The SMILES string of the molecule is Cl.Fc1ccccc1OCc1noc([C@H]2C[C@H](F)CN2)n1. The molecule has 0 saturated carbocycles. The standard InChI is InChI=1S/C13H13F2N3O2.ClH/c14-8-5-10(16-6-8)13-17-12(18-20-13)7-19-11-4-2-1-3-9(11)15;/h1-4,8,10,16H,5-7H2;1H/t8-,10+;/m0./s1. The molecule has 0 radical (unpaired) electrons. The third-order valence-electron chi connectivity index (χ3n) is 3.05. The first-order chi connectivity index (χ1) is 9.72. The number of hydrogen-bond acceptors (Lipinski definition) is 5. The molecule has 8 heteroatoms. The average molecular weight is 318 g/mol. The number of rotatable bonds is 4. The molecule has 1 aromatic carbocycles. The Morgan fingerprint density at radius 1 is 1.38 bits per heavy atom. The summed E-state index contributed by atoms with van der Waals surface area (Å²) in [6.45, 7) is 0.282. The molecule has 1 aliphatic heterocycles. The van der Waals surface area contributed by atoms with Crippen LogP contribution in [-0.2, 0) is 6.61 Å². The van der Waals surface area contributed by atoms with E-state index in [-0.39, 0.29) is 37.4 Å². The zero-order valence-electron chi connectivity index (χ0n) is 11.0. The molecule has 0 amide bonds. The highest BCUT2D eigenvalue weighted by Crippen LogP contribution is 2.24. The van der Waals surface area contributed by atoms with Crippen LogP contribution in [0, 0.1) is 5.82 Å². The van der Waals surface area contributed by atoms with Gasteiger partial charge in [0.05, 0.1) is 6.04 Å². The van der Waals surface area contributed by atoms with E-state index in [4.69, 9.17) is 9.26 Å². The molecule has 21 heavy (non-hydrogen) atoms. The van der Waals surface area contributed by atoms with Crippen LogP contribution >= 0.6 is 12.4 Å². The average Bonchev–Trinajstić information content (AvgIpc) is 3.06. The van der Waals surface area contributed by atoms with E-state index in [1.807, 2.05) is 0 Å². The monoisotopic (exact) mass is 317 g/mol. The summed E-state index contributed by atoms with van der Waals surface area (Å²) < 4.78 is 36.7. The summed E-state index contributed by atoms with van der Waals surface area (Å²) in [6.07, 6.45) is -0.583. The number of nitrogens with zero attached hydrogens (tertiary/aromatic N) is 2. The molecule has 2 aromatic rings. The number of aromatic nitrogens is 2. The van der Waals surface area contributed by atoms with Gasteiger partial charge in [0.1, 0.15) is 6.17 Å². The van der Waals surface area contributed by atoms with Gasteiger partial charge >= 0.3 is 0 Å². The second-order valence-electron chi connectivity index (χ2n) is 4.56. The third kappa shape index (κ3) is 3.68. The summed E-state index contributed by atoms with van der Waals surface area (Å²) in [5.74, 6) is 0.306. The number of halogens is 3. The summed E-state index contributed by atoms with van der Waals surface area (Å²) in [4.78, 5) is 4.12. The zero-order chi connectivity index (χ0) is 13.9. The minimum Gasteiger partial charge on any atom is -0.482 e. The summed E-state index contributed by atoms with van der Waals surface area (Å²) in [5.41, 5.74) is 0. The predicted molar refractivity (Wildman–Crippen MR) is 72.5 cm³/mol. The third-order valence-corrected chi connectivity index (χ3v) is 3.05. The Kier molecular flexibility index (Phi) is 5.08. The number of para-hydroxylation sites is 1. The Labute approximate surface area is 126 Å². The maximum absolute atomic E-state index is 13.3. The van der Waals surface area contributed by atoms with Gasteiger partial charge in [-0.1, -0.05) is 17.3 Å². The van der Waals surface area contributed by atoms with E-state index < -0.39 is 12.0 Å². The van der Waals surface area contributed by atoms with Crippen LogP contribution < -0.4 is 10.1 Å². The molecule has 2 atom stereocenters. The molecule has 1 N–H and O–H groups in total. The molecule has 1 aliphatic rings. The quantitative estimate of drug-likeness (QED) is 0.939. The van der Waals surface area contributed by atoms with Crippen LogP contribution in [0.2, 0.25) is 0 Å². The van der Waals surface area contributed by atoms with Gasteiger partial charge in [0, 0.05) is 13.0 Å². The van der Waals surface area contributed by atoms with Crippen molar-refractivity contribution in [2.45, 2.75) is 25.2 Å². The van der Waals surface area contributed by atoms with Gasteiger partial charge in [-0.15, -0.1) is 12.4 Å². The van der Waals surface area contributed by atoms with Crippen molar-refractivity contribution in [3.8, 4) is 5.75 Å². The van der Waals surface area contributed by atoms with E-state index in [0.29, 0.717) is 18.1 Å². The Bertz CT molecular complexity index is 596. The van der Waals surface area contributed by atoms with Crippen LogP contribution in [0.15, 0.2) is 28.8 Å². The largest absolute Gasteiger partial charge is 0.482 e. The number of ether oxygens (including phenoxy) is 1. The Morgan fingerprint density at radius 3 is 2.90 bits per heavy atom. The normalized spacial score (nSPS) is 21.0. The van der Waals surface area contributed by atoms with E-state index in [2.05, 4.69) is 15.5 Å². The summed E-state index contributed by atoms with van der Waals surface area (Å²) in [6, 6.07) is 5.81. The molecule has 2 heterocycles. The van der Waals surface area contributed by atoms with Crippen molar-refractivity contribution < 1.29 is 18.0 Å². The van der Waals surface area contributed by atoms with Gasteiger partial charge in [0.2, 0.25) is 11.7 Å². The van der Waals surface area contributed by atoms with Crippen LogP contribution in [0.4, 0.5) is 8.78 Å². The highest BCUT2D eigenvalue weighted by Gasteiger charge is 2.29. The number of alkyl halides is 1. The lowest BCUT2D eigenvalue weighted by atomic mass is 10.2. The Morgan fingerprint density at radius 2 is 2.19 bits per heavy atom. The van der Waals surface area contributed by atoms with Crippen molar-refractivity contribution >= 4 is 12.4 Å². The first-order valence-corrected chi connectivity index (χ1v) is 6.29. The highest BCUT2D eigenvalue weighted by atomic mass is 35.5. The van der Waals surface area contributed by atoms with Crippen molar-refractivity contribution in [3.63, 3.8) is 0 Å². The minimum absolute atomic E-state index is 0. The molecule has 0 bridgehead atoms. The molecule has 0 spiro atoms. The molecular weight excluding hydrogens is 304 g/mol. The lowest BCUT2D eigenvalue weighted by Crippen LogP contribution is -2.14. The van der Waals surface area contributed by atoms with Gasteiger partial charge < -0.3 is 14.6 Å². The molecular formula is C13H14ClF2N3O2. The van der Waals surface area contributed by atoms with Crippen LogP contribution in [0.3, 0.4) is 0 Å². The van der Waals surface area contributed by atoms with Crippen molar-refractivity contribution in [3.05, 3.63) is 41.8 Å². The fraction of sp³-hybridized carbons (Fsp3) is 0.385. The van der Waals surface area contributed by atoms with E-state index in [1.165, 1.54) is 12.1 Å². The minimum atomic E-state index is -0.898. The molecule has 3 rings (SSSR count). The smallest absolute Gasteiger partial charge is 0.244 e.